The fourth-order valence-electron chi connectivity index (χ4n) is 2.39. The lowest BCUT2D eigenvalue weighted by molar-refractivity contribution is -0.380. The van der Waals surface area contributed by atoms with Crippen molar-refractivity contribution in [3.63, 3.8) is 0 Å². The standard InChI is InChI=1S/C14H16N4O3S2/c1-9-6-17(7-10(2)21-9)15-5-11-8-22-14(16-11)12-3-4-13(23-12)18(19)20/h3-5,8-10H,6-7H2,1-2H3/b15-5-. The van der Waals surface area contributed by atoms with Crippen molar-refractivity contribution in [3.8, 4) is 9.88 Å². The van der Waals surface area contributed by atoms with Gasteiger partial charge in [-0.25, -0.2) is 4.98 Å². The average molecular weight is 352 g/mol. The highest BCUT2D eigenvalue weighted by molar-refractivity contribution is 7.23. The Morgan fingerprint density at radius 1 is 1.43 bits per heavy atom. The summed E-state index contributed by atoms with van der Waals surface area (Å²) < 4.78 is 5.67. The van der Waals surface area contributed by atoms with E-state index in [-0.39, 0.29) is 22.1 Å². The molecule has 0 amide bonds. The lowest BCUT2D eigenvalue weighted by Gasteiger charge is -2.33. The Balaban J connectivity index is 1.69. The minimum Gasteiger partial charge on any atom is -0.372 e. The summed E-state index contributed by atoms with van der Waals surface area (Å²) in [5, 5.41) is 20.0. The van der Waals surface area contributed by atoms with E-state index in [9.17, 15) is 10.1 Å². The summed E-state index contributed by atoms with van der Waals surface area (Å²) >= 11 is 2.59. The smallest absolute Gasteiger partial charge is 0.324 e. The second kappa shape index (κ2) is 6.73. The van der Waals surface area contributed by atoms with E-state index >= 15 is 0 Å². The molecule has 0 saturated carbocycles. The molecule has 1 fully saturated rings. The molecule has 23 heavy (non-hydrogen) atoms. The van der Waals surface area contributed by atoms with Crippen LogP contribution in [0.3, 0.4) is 0 Å². The van der Waals surface area contributed by atoms with E-state index in [4.69, 9.17) is 4.74 Å². The number of thiazole rings is 1. The predicted molar refractivity (Wildman–Crippen MR) is 91.3 cm³/mol. The van der Waals surface area contributed by atoms with Crippen LogP contribution in [-0.4, -0.2) is 46.4 Å². The van der Waals surface area contributed by atoms with E-state index in [0.29, 0.717) is 0 Å². The maximum Gasteiger partial charge on any atom is 0.324 e. The minimum absolute atomic E-state index is 0.127. The first-order valence-corrected chi connectivity index (χ1v) is 8.85. The molecule has 0 aliphatic carbocycles. The Labute approximate surface area is 141 Å². The number of morpholine rings is 1. The zero-order chi connectivity index (χ0) is 16.4. The molecule has 2 aromatic heterocycles. The molecule has 0 radical (unpaired) electrons. The van der Waals surface area contributed by atoms with Crippen LogP contribution in [0.2, 0.25) is 0 Å². The third kappa shape index (κ3) is 3.92. The minimum atomic E-state index is -0.384. The summed E-state index contributed by atoms with van der Waals surface area (Å²) in [6.07, 6.45) is 2.05. The fourth-order valence-corrected chi connectivity index (χ4v) is 4.05. The molecule has 1 aliphatic rings. The summed E-state index contributed by atoms with van der Waals surface area (Å²) in [6, 6.07) is 3.24. The molecule has 1 aliphatic heterocycles. The molecule has 2 unspecified atom stereocenters. The van der Waals surface area contributed by atoms with Crippen LogP contribution < -0.4 is 0 Å². The molecule has 1 saturated heterocycles. The second-order valence-electron chi connectivity index (χ2n) is 5.35. The number of hydrogen-bond acceptors (Lipinski definition) is 8. The van der Waals surface area contributed by atoms with Gasteiger partial charge in [-0.2, -0.15) is 5.10 Å². The van der Waals surface area contributed by atoms with Crippen molar-refractivity contribution in [2.24, 2.45) is 5.10 Å². The molecule has 3 rings (SSSR count). The van der Waals surface area contributed by atoms with Crippen molar-refractivity contribution < 1.29 is 9.66 Å². The molecule has 0 spiro atoms. The quantitative estimate of drug-likeness (QED) is 0.479. The fraction of sp³-hybridized carbons (Fsp3) is 0.429. The van der Waals surface area contributed by atoms with Gasteiger partial charge in [0.05, 0.1) is 47.0 Å². The molecule has 0 aromatic carbocycles. The molecule has 9 heteroatoms. The zero-order valence-corrected chi connectivity index (χ0v) is 14.3. The SMILES string of the molecule is CC1CN(/N=C\c2csc(-c3ccc([N+](=O)[O-])s3)n2)CC(C)O1. The van der Waals surface area contributed by atoms with E-state index in [0.717, 1.165) is 40.0 Å². The number of aromatic nitrogens is 1. The molecule has 122 valence electrons. The van der Waals surface area contributed by atoms with E-state index < -0.39 is 0 Å². The molecule has 0 N–H and O–H groups in total. The van der Waals surface area contributed by atoms with Crippen LogP contribution in [0.15, 0.2) is 22.6 Å². The molecule has 0 bridgehead atoms. The molecule has 7 nitrogen and oxygen atoms in total. The molecule has 2 atom stereocenters. The van der Waals surface area contributed by atoms with Crippen LogP contribution in [-0.2, 0) is 4.74 Å². The molecule has 3 heterocycles. The van der Waals surface area contributed by atoms with Crippen molar-refractivity contribution in [3.05, 3.63) is 33.3 Å². The zero-order valence-electron chi connectivity index (χ0n) is 12.7. The van der Waals surface area contributed by atoms with E-state index in [1.807, 2.05) is 24.2 Å². The van der Waals surface area contributed by atoms with Gasteiger partial charge < -0.3 is 4.74 Å². The van der Waals surface area contributed by atoms with Crippen molar-refractivity contribution in [2.45, 2.75) is 26.1 Å². The topological polar surface area (TPSA) is 80.9 Å². The lowest BCUT2D eigenvalue weighted by Crippen LogP contribution is -2.42. The van der Waals surface area contributed by atoms with Gasteiger partial charge in [0.2, 0.25) is 0 Å². The highest BCUT2D eigenvalue weighted by atomic mass is 32.1. The molecule has 2 aromatic rings. The van der Waals surface area contributed by atoms with Crippen molar-refractivity contribution in [2.75, 3.05) is 13.1 Å². The van der Waals surface area contributed by atoms with Crippen LogP contribution in [0.1, 0.15) is 19.5 Å². The van der Waals surface area contributed by atoms with Crippen molar-refractivity contribution in [1.29, 1.82) is 0 Å². The normalized spacial score (nSPS) is 21.9. The number of rotatable bonds is 4. The second-order valence-corrected chi connectivity index (χ2v) is 7.27. The van der Waals surface area contributed by atoms with Gasteiger partial charge in [0.15, 0.2) is 0 Å². The van der Waals surface area contributed by atoms with Crippen LogP contribution in [0, 0.1) is 10.1 Å². The number of thiophene rings is 1. The van der Waals surface area contributed by atoms with Gasteiger partial charge in [-0.1, -0.05) is 11.3 Å². The summed E-state index contributed by atoms with van der Waals surface area (Å²) in [5.41, 5.74) is 0.757. The highest BCUT2D eigenvalue weighted by Gasteiger charge is 2.20. The maximum atomic E-state index is 10.7. The van der Waals surface area contributed by atoms with Gasteiger partial charge in [0.25, 0.3) is 0 Å². The van der Waals surface area contributed by atoms with Gasteiger partial charge in [-0.15, -0.1) is 11.3 Å². The first kappa shape index (κ1) is 16.0. The maximum absolute atomic E-state index is 10.7. The third-order valence-electron chi connectivity index (χ3n) is 3.26. The van der Waals surface area contributed by atoms with Crippen LogP contribution in [0.5, 0.6) is 0 Å². The number of nitrogens with zero attached hydrogens (tertiary/aromatic N) is 4. The van der Waals surface area contributed by atoms with Crippen LogP contribution in [0.25, 0.3) is 9.88 Å². The Bertz CT molecular complexity index is 717. The van der Waals surface area contributed by atoms with Gasteiger partial charge in [0, 0.05) is 11.4 Å². The van der Waals surface area contributed by atoms with Crippen molar-refractivity contribution >= 4 is 33.9 Å². The average Bonchev–Trinajstić information content (AvgIpc) is 3.13. The predicted octanol–water partition coefficient (Wildman–Crippen LogP) is 3.22. The number of hydrogen-bond donors (Lipinski definition) is 0. The summed E-state index contributed by atoms with van der Waals surface area (Å²) in [7, 11) is 0. The Morgan fingerprint density at radius 3 is 2.83 bits per heavy atom. The highest BCUT2D eigenvalue weighted by Crippen LogP contribution is 2.34. The number of nitro groups is 1. The monoisotopic (exact) mass is 352 g/mol. The van der Waals surface area contributed by atoms with Crippen LogP contribution >= 0.6 is 22.7 Å². The third-order valence-corrected chi connectivity index (χ3v) is 5.32. The lowest BCUT2D eigenvalue weighted by atomic mass is 10.3. The Kier molecular flexibility index (Phi) is 4.69. The Morgan fingerprint density at radius 2 is 2.17 bits per heavy atom. The summed E-state index contributed by atoms with van der Waals surface area (Å²) in [6.45, 7) is 5.58. The van der Waals surface area contributed by atoms with Gasteiger partial charge in [-0.05, 0) is 19.9 Å². The van der Waals surface area contributed by atoms with E-state index in [1.54, 1.807) is 12.3 Å². The van der Waals surface area contributed by atoms with Crippen LogP contribution in [0.4, 0.5) is 5.00 Å². The summed E-state index contributed by atoms with van der Waals surface area (Å²) in [4.78, 5) is 15.6. The largest absolute Gasteiger partial charge is 0.372 e. The van der Waals surface area contributed by atoms with E-state index in [1.165, 1.54) is 17.4 Å². The first-order valence-electron chi connectivity index (χ1n) is 7.16. The van der Waals surface area contributed by atoms with Gasteiger partial charge in [-0.3, -0.25) is 15.1 Å². The number of hydrazone groups is 1. The summed E-state index contributed by atoms with van der Waals surface area (Å²) in [5.74, 6) is 0. The molecular weight excluding hydrogens is 336 g/mol. The molecular formula is C14H16N4O3S2. The first-order chi connectivity index (χ1) is 11.0. The van der Waals surface area contributed by atoms with Gasteiger partial charge >= 0.3 is 5.00 Å². The van der Waals surface area contributed by atoms with Gasteiger partial charge in [0.1, 0.15) is 5.01 Å². The Hall–Kier alpha value is -1.84. The van der Waals surface area contributed by atoms with Crippen molar-refractivity contribution in [1.82, 2.24) is 9.99 Å². The number of ether oxygens (including phenoxy) is 1. The van der Waals surface area contributed by atoms with E-state index in [2.05, 4.69) is 10.1 Å².